The Kier molecular flexibility index (Phi) is 5.31. The molecule has 0 saturated carbocycles. The van der Waals surface area contributed by atoms with Crippen LogP contribution in [0.2, 0.25) is 0 Å². The highest BCUT2D eigenvalue weighted by Crippen LogP contribution is 2.14. The fourth-order valence-corrected chi connectivity index (χ4v) is 2.26. The molecule has 6 heteroatoms. The Bertz CT molecular complexity index is 427. The Hall–Kier alpha value is -1.66. The molecule has 6 nitrogen and oxygen atoms in total. The van der Waals surface area contributed by atoms with Gasteiger partial charge >= 0.3 is 0 Å². The number of rotatable bonds is 5. The minimum atomic E-state index is 0.165. The standard InChI is InChI=1S/C14H22N4O2/c1-20-9-4-14(19)18-7-5-17(6-8-18)13-3-2-12(10-15)11-16-13/h2-3,11H,4-10,15H2,1H3. The molecule has 1 aliphatic heterocycles. The second-order valence-electron chi connectivity index (χ2n) is 4.84. The fraction of sp³-hybridized carbons (Fsp3) is 0.571. The first-order chi connectivity index (χ1) is 9.74. The Balaban J connectivity index is 1.85. The van der Waals surface area contributed by atoms with Gasteiger partial charge < -0.3 is 20.3 Å². The smallest absolute Gasteiger partial charge is 0.225 e. The highest BCUT2D eigenvalue weighted by Gasteiger charge is 2.21. The van der Waals surface area contributed by atoms with E-state index in [1.807, 2.05) is 23.2 Å². The van der Waals surface area contributed by atoms with Gasteiger partial charge in [-0.25, -0.2) is 4.98 Å². The second kappa shape index (κ2) is 7.21. The molecule has 0 spiro atoms. The third-order valence-electron chi connectivity index (χ3n) is 3.52. The molecule has 0 unspecified atom stereocenters. The average molecular weight is 278 g/mol. The first-order valence-corrected chi connectivity index (χ1v) is 6.91. The molecule has 110 valence electrons. The Labute approximate surface area is 119 Å². The van der Waals surface area contributed by atoms with Crippen molar-refractivity contribution in [3.63, 3.8) is 0 Å². The van der Waals surface area contributed by atoms with Crippen molar-refractivity contribution in [1.29, 1.82) is 0 Å². The summed E-state index contributed by atoms with van der Waals surface area (Å²) in [6.45, 7) is 4.10. The quantitative estimate of drug-likeness (QED) is 0.834. The van der Waals surface area contributed by atoms with Gasteiger partial charge in [-0.15, -0.1) is 0 Å². The molecule has 0 bridgehead atoms. The van der Waals surface area contributed by atoms with Gasteiger partial charge in [0.25, 0.3) is 0 Å². The third kappa shape index (κ3) is 3.68. The summed E-state index contributed by atoms with van der Waals surface area (Å²) in [5.74, 6) is 1.11. The average Bonchev–Trinajstić information content (AvgIpc) is 2.53. The van der Waals surface area contributed by atoms with Gasteiger partial charge in [-0.2, -0.15) is 0 Å². The monoisotopic (exact) mass is 278 g/mol. The molecule has 1 aromatic heterocycles. The van der Waals surface area contributed by atoms with Crippen molar-refractivity contribution in [2.75, 3.05) is 44.8 Å². The number of piperazine rings is 1. The number of aromatic nitrogens is 1. The molecule has 0 aromatic carbocycles. The van der Waals surface area contributed by atoms with Crippen molar-refractivity contribution in [2.45, 2.75) is 13.0 Å². The Morgan fingerprint density at radius 2 is 2.10 bits per heavy atom. The van der Waals surface area contributed by atoms with Crippen LogP contribution in [0.5, 0.6) is 0 Å². The first-order valence-electron chi connectivity index (χ1n) is 6.91. The number of anilines is 1. The van der Waals surface area contributed by atoms with Crippen molar-refractivity contribution in [1.82, 2.24) is 9.88 Å². The predicted octanol–water partition coefficient (Wildman–Crippen LogP) is 0.225. The van der Waals surface area contributed by atoms with Crippen LogP contribution in [0.25, 0.3) is 0 Å². The number of carbonyl (C=O) groups excluding carboxylic acids is 1. The Morgan fingerprint density at radius 1 is 1.35 bits per heavy atom. The summed E-state index contributed by atoms with van der Waals surface area (Å²) in [4.78, 5) is 20.4. The van der Waals surface area contributed by atoms with Gasteiger partial charge in [0.15, 0.2) is 0 Å². The molecule has 2 N–H and O–H groups in total. The van der Waals surface area contributed by atoms with Crippen molar-refractivity contribution < 1.29 is 9.53 Å². The van der Waals surface area contributed by atoms with Gasteiger partial charge in [-0.1, -0.05) is 6.07 Å². The molecule has 0 atom stereocenters. The molecule has 0 radical (unpaired) electrons. The van der Waals surface area contributed by atoms with E-state index in [-0.39, 0.29) is 5.91 Å². The van der Waals surface area contributed by atoms with E-state index >= 15 is 0 Å². The van der Waals surface area contributed by atoms with E-state index in [4.69, 9.17) is 10.5 Å². The van der Waals surface area contributed by atoms with Crippen LogP contribution in [-0.4, -0.2) is 55.7 Å². The minimum Gasteiger partial charge on any atom is -0.384 e. The van der Waals surface area contributed by atoms with Gasteiger partial charge in [0.2, 0.25) is 5.91 Å². The molecule has 1 amide bonds. The van der Waals surface area contributed by atoms with Crippen molar-refractivity contribution in [2.24, 2.45) is 5.73 Å². The molecule has 2 rings (SSSR count). The zero-order valence-corrected chi connectivity index (χ0v) is 11.9. The van der Waals surface area contributed by atoms with E-state index in [1.165, 1.54) is 0 Å². The first kappa shape index (κ1) is 14.7. The largest absolute Gasteiger partial charge is 0.384 e. The number of methoxy groups -OCH3 is 1. The number of carbonyl (C=O) groups is 1. The van der Waals surface area contributed by atoms with Crippen LogP contribution in [0.1, 0.15) is 12.0 Å². The van der Waals surface area contributed by atoms with Crippen LogP contribution in [0.4, 0.5) is 5.82 Å². The van der Waals surface area contributed by atoms with Gasteiger partial charge in [0, 0.05) is 46.0 Å². The molecule has 1 saturated heterocycles. The summed E-state index contributed by atoms with van der Waals surface area (Å²) < 4.78 is 4.94. The van der Waals surface area contributed by atoms with Crippen molar-refractivity contribution >= 4 is 11.7 Å². The number of ether oxygens (including phenoxy) is 1. The third-order valence-corrected chi connectivity index (χ3v) is 3.52. The summed E-state index contributed by atoms with van der Waals surface area (Å²) in [6, 6.07) is 3.99. The van der Waals surface area contributed by atoms with Crippen LogP contribution in [0.3, 0.4) is 0 Å². The summed E-state index contributed by atoms with van der Waals surface area (Å²) in [6.07, 6.45) is 2.27. The highest BCUT2D eigenvalue weighted by atomic mass is 16.5. The number of nitrogens with two attached hydrogens (primary N) is 1. The maximum absolute atomic E-state index is 11.9. The van der Waals surface area contributed by atoms with Crippen LogP contribution in [-0.2, 0) is 16.1 Å². The summed E-state index contributed by atoms with van der Waals surface area (Å²) >= 11 is 0. The van der Waals surface area contributed by atoms with Crippen LogP contribution >= 0.6 is 0 Å². The summed E-state index contributed by atoms with van der Waals surface area (Å²) in [5, 5.41) is 0. The van der Waals surface area contributed by atoms with Gasteiger partial charge in [0.05, 0.1) is 13.0 Å². The van der Waals surface area contributed by atoms with Crippen molar-refractivity contribution in [3.8, 4) is 0 Å². The van der Waals surface area contributed by atoms with E-state index in [9.17, 15) is 4.79 Å². The number of amides is 1. The predicted molar refractivity (Wildman–Crippen MR) is 77.4 cm³/mol. The lowest BCUT2D eigenvalue weighted by Crippen LogP contribution is -2.49. The summed E-state index contributed by atoms with van der Waals surface area (Å²) in [5.41, 5.74) is 6.59. The maximum atomic E-state index is 11.9. The van der Waals surface area contributed by atoms with E-state index in [1.54, 1.807) is 7.11 Å². The van der Waals surface area contributed by atoms with E-state index in [0.29, 0.717) is 19.6 Å². The van der Waals surface area contributed by atoms with Crippen LogP contribution in [0.15, 0.2) is 18.3 Å². The van der Waals surface area contributed by atoms with Gasteiger partial charge in [0.1, 0.15) is 5.82 Å². The van der Waals surface area contributed by atoms with E-state index < -0.39 is 0 Å². The lowest BCUT2D eigenvalue weighted by molar-refractivity contribution is -0.132. The van der Waals surface area contributed by atoms with Crippen LogP contribution < -0.4 is 10.6 Å². The molecule has 1 aliphatic rings. The normalized spacial score (nSPS) is 15.5. The number of hydrogen-bond donors (Lipinski definition) is 1. The summed E-state index contributed by atoms with van der Waals surface area (Å²) in [7, 11) is 1.61. The lowest BCUT2D eigenvalue weighted by Gasteiger charge is -2.35. The second-order valence-corrected chi connectivity index (χ2v) is 4.84. The minimum absolute atomic E-state index is 0.165. The fourth-order valence-electron chi connectivity index (χ4n) is 2.26. The molecular formula is C14H22N4O2. The van der Waals surface area contributed by atoms with Gasteiger partial charge in [-0.05, 0) is 11.6 Å². The lowest BCUT2D eigenvalue weighted by atomic mass is 10.2. The van der Waals surface area contributed by atoms with Crippen molar-refractivity contribution in [3.05, 3.63) is 23.9 Å². The van der Waals surface area contributed by atoms with Gasteiger partial charge in [-0.3, -0.25) is 4.79 Å². The molecule has 2 heterocycles. The van der Waals surface area contributed by atoms with Crippen LogP contribution in [0, 0.1) is 0 Å². The number of nitrogens with zero attached hydrogens (tertiary/aromatic N) is 3. The molecule has 1 aromatic rings. The highest BCUT2D eigenvalue weighted by molar-refractivity contribution is 5.76. The Morgan fingerprint density at radius 3 is 2.65 bits per heavy atom. The SMILES string of the molecule is COCCC(=O)N1CCN(c2ccc(CN)cn2)CC1. The molecular weight excluding hydrogens is 256 g/mol. The zero-order chi connectivity index (χ0) is 14.4. The maximum Gasteiger partial charge on any atom is 0.225 e. The van der Waals surface area contributed by atoms with E-state index in [0.717, 1.165) is 37.6 Å². The molecule has 1 fully saturated rings. The zero-order valence-electron chi connectivity index (χ0n) is 11.9. The number of hydrogen-bond acceptors (Lipinski definition) is 5. The molecule has 20 heavy (non-hydrogen) atoms. The topological polar surface area (TPSA) is 71.7 Å². The number of pyridine rings is 1. The molecule has 0 aliphatic carbocycles. The van der Waals surface area contributed by atoms with E-state index in [2.05, 4.69) is 9.88 Å².